The number of benzene rings is 2. The third-order valence-corrected chi connectivity index (χ3v) is 6.16. The van der Waals surface area contributed by atoms with E-state index in [1.165, 1.54) is 0 Å². The summed E-state index contributed by atoms with van der Waals surface area (Å²) in [4.78, 5) is 29.1. The molecule has 0 aromatic heterocycles. The molecule has 4 amide bonds. The van der Waals surface area contributed by atoms with E-state index >= 15 is 0 Å². The van der Waals surface area contributed by atoms with Crippen LogP contribution in [0.25, 0.3) is 0 Å². The molecule has 0 radical (unpaired) electrons. The average molecular weight is 522 g/mol. The molecule has 192 valence electrons. The van der Waals surface area contributed by atoms with Gasteiger partial charge in [-0.2, -0.15) is 0 Å². The molecule has 2 N–H and O–H groups in total. The van der Waals surface area contributed by atoms with E-state index in [2.05, 4.69) is 38.3 Å². The second-order valence-corrected chi connectivity index (χ2v) is 9.45. The first-order valence-electron chi connectivity index (χ1n) is 12.5. The van der Waals surface area contributed by atoms with Gasteiger partial charge in [0.15, 0.2) is 0 Å². The summed E-state index contributed by atoms with van der Waals surface area (Å²) >= 11 is 12.8. The number of hydrogen-bond acceptors (Lipinski definition) is 2. The first kappa shape index (κ1) is 28.8. The zero-order valence-corrected chi connectivity index (χ0v) is 22.8. The Labute approximate surface area is 220 Å². The van der Waals surface area contributed by atoms with Crippen molar-refractivity contribution in [2.45, 2.75) is 59.8 Å². The molecular formula is C27H38Cl2N4O2. The molecule has 0 fully saturated rings. The Balaban J connectivity index is 2.17. The van der Waals surface area contributed by atoms with E-state index in [4.69, 9.17) is 23.2 Å². The number of amides is 4. The topological polar surface area (TPSA) is 64.7 Å². The van der Waals surface area contributed by atoms with Gasteiger partial charge in [-0.1, -0.05) is 63.0 Å². The summed E-state index contributed by atoms with van der Waals surface area (Å²) in [7, 11) is 0. The molecule has 2 aromatic carbocycles. The van der Waals surface area contributed by atoms with E-state index in [1.807, 2.05) is 24.3 Å². The molecule has 2 rings (SSSR count). The van der Waals surface area contributed by atoms with Crippen molar-refractivity contribution in [2.24, 2.45) is 0 Å². The molecule has 0 heterocycles. The summed E-state index contributed by atoms with van der Waals surface area (Å²) < 4.78 is 0. The quantitative estimate of drug-likeness (QED) is 0.298. The Bertz CT molecular complexity index is 894. The molecule has 0 aliphatic carbocycles. The molecule has 6 nitrogen and oxygen atoms in total. The lowest BCUT2D eigenvalue weighted by molar-refractivity contribution is 0.211. The largest absolute Gasteiger partial charge is 0.325 e. The lowest BCUT2D eigenvalue weighted by Crippen LogP contribution is -2.36. The second-order valence-electron chi connectivity index (χ2n) is 8.64. The van der Waals surface area contributed by atoms with E-state index in [0.29, 0.717) is 54.0 Å². The van der Waals surface area contributed by atoms with Gasteiger partial charge in [-0.15, -0.1) is 0 Å². The van der Waals surface area contributed by atoms with Gasteiger partial charge in [-0.3, -0.25) is 0 Å². The molecular weight excluding hydrogens is 483 g/mol. The van der Waals surface area contributed by atoms with Crippen molar-refractivity contribution in [3.63, 3.8) is 0 Å². The molecule has 0 unspecified atom stereocenters. The van der Waals surface area contributed by atoms with E-state index in [0.717, 1.165) is 36.8 Å². The maximum Gasteiger partial charge on any atom is 0.321 e. The third kappa shape index (κ3) is 8.93. The van der Waals surface area contributed by atoms with Crippen molar-refractivity contribution in [1.82, 2.24) is 9.80 Å². The Hall–Kier alpha value is -2.44. The van der Waals surface area contributed by atoms with Gasteiger partial charge in [-0.05, 0) is 67.5 Å². The van der Waals surface area contributed by atoms with Crippen molar-refractivity contribution >= 4 is 46.6 Å². The Morgan fingerprint density at radius 1 is 0.657 bits per heavy atom. The number of anilines is 2. The first-order valence-corrected chi connectivity index (χ1v) is 13.3. The van der Waals surface area contributed by atoms with Crippen LogP contribution in [0.5, 0.6) is 0 Å². The lowest BCUT2D eigenvalue weighted by atomic mass is 10.0. The number of carbonyl (C=O) groups is 2. The van der Waals surface area contributed by atoms with Crippen LogP contribution in [0.15, 0.2) is 36.4 Å². The van der Waals surface area contributed by atoms with E-state index in [1.54, 1.807) is 21.9 Å². The number of nitrogens with one attached hydrogen (secondary N) is 2. The molecule has 0 atom stereocenters. The van der Waals surface area contributed by atoms with Crippen molar-refractivity contribution in [2.75, 3.05) is 36.8 Å². The molecule has 0 saturated heterocycles. The normalized spacial score (nSPS) is 10.7. The van der Waals surface area contributed by atoms with E-state index < -0.39 is 0 Å². The first-order chi connectivity index (χ1) is 16.8. The summed E-state index contributed by atoms with van der Waals surface area (Å²) in [5.41, 5.74) is 3.15. The number of urea groups is 2. The summed E-state index contributed by atoms with van der Waals surface area (Å²) in [5.74, 6) is 0. The van der Waals surface area contributed by atoms with Crippen molar-refractivity contribution < 1.29 is 9.59 Å². The second kappa shape index (κ2) is 14.8. The lowest BCUT2D eigenvalue weighted by Gasteiger charge is -2.22. The highest BCUT2D eigenvalue weighted by Crippen LogP contribution is 2.28. The Morgan fingerprint density at radius 2 is 1.00 bits per heavy atom. The highest BCUT2D eigenvalue weighted by Gasteiger charge is 2.16. The average Bonchev–Trinajstić information content (AvgIpc) is 2.83. The fourth-order valence-electron chi connectivity index (χ4n) is 3.89. The van der Waals surface area contributed by atoms with Gasteiger partial charge in [0.05, 0.1) is 21.4 Å². The summed E-state index contributed by atoms with van der Waals surface area (Å²) in [6, 6.07) is 11.0. The van der Waals surface area contributed by atoms with Crippen LogP contribution in [0.1, 0.15) is 64.5 Å². The van der Waals surface area contributed by atoms with Crippen molar-refractivity contribution in [3.8, 4) is 0 Å². The fraction of sp³-hybridized carbons (Fsp3) is 0.481. The van der Waals surface area contributed by atoms with Gasteiger partial charge in [-0.25, -0.2) is 9.59 Å². The van der Waals surface area contributed by atoms with Crippen LogP contribution in [0.2, 0.25) is 10.0 Å². The SMILES string of the molecule is CCCN(CCC)C(=O)Nc1cc(Cc2ccc(Cl)c(NC(=O)N(CCC)CCC)c2)ccc1Cl. The van der Waals surface area contributed by atoms with Crippen molar-refractivity contribution in [1.29, 1.82) is 0 Å². The van der Waals surface area contributed by atoms with Crippen LogP contribution < -0.4 is 10.6 Å². The van der Waals surface area contributed by atoms with Crippen LogP contribution in [0.4, 0.5) is 21.0 Å². The number of carbonyl (C=O) groups excluding carboxylic acids is 2. The molecule has 0 saturated carbocycles. The van der Waals surface area contributed by atoms with Gasteiger partial charge < -0.3 is 20.4 Å². The number of nitrogens with zero attached hydrogens (tertiary/aromatic N) is 2. The molecule has 35 heavy (non-hydrogen) atoms. The summed E-state index contributed by atoms with van der Waals surface area (Å²) in [6.07, 6.45) is 4.18. The van der Waals surface area contributed by atoms with Crippen LogP contribution >= 0.6 is 23.2 Å². The van der Waals surface area contributed by atoms with Gasteiger partial charge >= 0.3 is 12.1 Å². The number of rotatable bonds is 12. The molecule has 2 aromatic rings. The maximum absolute atomic E-state index is 12.7. The number of halogens is 2. The molecule has 0 bridgehead atoms. The van der Waals surface area contributed by atoms with Crippen molar-refractivity contribution in [3.05, 3.63) is 57.6 Å². The zero-order valence-electron chi connectivity index (χ0n) is 21.3. The fourth-order valence-corrected chi connectivity index (χ4v) is 4.22. The highest BCUT2D eigenvalue weighted by atomic mass is 35.5. The van der Waals surface area contributed by atoms with Gasteiger partial charge in [0.1, 0.15) is 0 Å². The minimum atomic E-state index is -0.145. The van der Waals surface area contributed by atoms with Crippen LogP contribution in [0, 0.1) is 0 Å². The van der Waals surface area contributed by atoms with Crippen LogP contribution in [0.3, 0.4) is 0 Å². The zero-order chi connectivity index (χ0) is 25.8. The van der Waals surface area contributed by atoms with Gasteiger partial charge in [0.25, 0.3) is 0 Å². The Morgan fingerprint density at radius 3 is 1.31 bits per heavy atom. The predicted octanol–water partition coefficient (Wildman–Crippen LogP) is 7.89. The summed E-state index contributed by atoms with van der Waals surface area (Å²) in [6.45, 7) is 11.0. The monoisotopic (exact) mass is 520 g/mol. The molecule has 8 heteroatoms. The molecule has 0 aliphatic rings. The predicted molar refractivity (Wildman–Crippen MR) is 148 cm³/mol. The van der Waals surface area contributed by atoms with Crippen LogP contribution in [-0.2, 0) is 6.42 Å². The minimum Gasteiger partial charge on any atom is -0.325 e. The summed E-state index contributed by atoms with van der Waals surface area (Å²) in [5, 5.41) is 6.90. The smallest absolute Gasteiger partial charge is 0.321 e. The van der Waals surface area contributed by atoms with Gasteiger partial charge in [0.2, 0.25) is 0 Å². The maximum atomic E-state index is 12.7. The number of hydrogen-bond donors (Lipinski definition) is 2. The van der Waals surface area contributed by atoms with Gasteiger partial charge in [0, 0.05) is 26.2 Å². The Kier molecular flexibility index (Phi) is 12.2. The van der Waals surface area contributed by atoms with Crippen LogP contribution in [-0.4, -0.2) is 48.0 Å². The molecule has 0 spiro atoms. The third-order valence-electron chi connectivity index (χ3n) is 5.50. The minimum absolute atomic E-state index is 0.145. The highest BCUT2D eigenvalue weighted by molar-refractivity contribution is 6.34. The van der Waals surface area contributed by atoms with E-state index in [-0.39, 0.29) is 12.1 Å². The van der Waals surface area contributed by atoms with E-state index in [9.17, 15) is 9.59 Å². The molecule has 0 aliphatic heterocycles. The standard InChI is InChI=1S/C27H38Cl2N4O2/c1-5-13-32(14-6-2)26(34)30-24-18-20(9-11-22(24)28)17-21-10-12-23(29)25(19-21)31-27(35)33(15-7-3)16-8-4/h9-12,18-19H,5-8,13-17H2,1-4H3,(H,30,34)(H,31,35).